The number of likely N-dealkylation sites (tertiary alicyclic amines) is 1. The van der Waals surface area contributed by atoms with E-state index in [-0.39, 0.29) is 17.7 Å². The molecule has 5 aromatic carbocycles. The van der Waals surface area contributed by atoms with E-state index in [2.05, 4.69) is 313 Å². The smallest absolute Gasteiger partial charge is 0.257 e. The summed E-state index contributed by atoms with van der Waals surface area (Å²) < 4.78 is 1.80. The van der Waals surface area contributed by atoms with E-state index in [4.69, 9.17) is 4.98 Å². The van der Waals surface area contributed by atoms with E-state index in [0.29, 0.717) is 29.1 Å². The number of fused-ring (bicyclic) bond motifs is 5. The zero-order valence-corrected chi connectivity index (χ0v) is 77.5. The fourth-order valence-electron chi connectivity index (χ4n) is 15.5. The third kappa shape index (κ3) is 25.8. The Hall–Kier alpha value is -11.5. The minimum Gasteiger partial charge on any atom is -0.384 e. The number of nitrogens with one attached hydrogen (secondary N) is 7. The summed E-state index contributed by atoms with van der Waals surface area (Å²) in [7, 11) is 25.9. The van der Waals surface area contributed by atoms with E-state index in [1.807, 2.05) is 24.2 Å². The average Bonchev–Trinajstić information content (AvgIpc) is 1.42. The van der Waals surface area contributed by atoms with Crippen molar-refractivity contribution in [1.82, 2.24) is 105 Å². The lowest BCUT2D eigenvalue weighted by Crippen LogP contribution is -2.28. The Labute approximate surface area is 727 Å². The van der Waals surface area contributed by atoms with Gasteiger partial charge in [-0.3, -0.25) is 39.3 Å². The fourth-order valence-corrected chi connectivity index (χ4v) is 15.5. The number of carbonyl (C=O) groups excluding carboxylic acids is 3. The van der Waals surface area contributed by atoms with Gasteiger partial charge in [-0.05, 0) is 298 Å². The highest BCUT2D eigenvalue weighted by Crippen LogP contribution is 2.38. The number of hydrogen-bond acceptors (Lipinski definition) is 24. The van der Waals surface area contributed by atoms with Gasteiger partial charge in [0.05, 0.1) is 83.8 Å². The lowest BCUT2D eigenvalue weighted by Gasteiger charge is -2.20. The number of hydrogen-bond donors (Lipinski definition) is 7. The van der Waals surface area contributed by atoms with Crippen molar-refractivity contribution in [3.8, 4) is 22.8 Å². The largest absolute Gasteiger partial charge is 0.384 e. The molecular formula is C94H134N26O3. The molecule has 1 saturated heterocycles. The normalized spacial score (nSPS) is 11.9. The summed E-state index contributed by atoms with van der Waals surface area (Å²) in [6.45, 7) is 34.6. The number of carbonyl (C=O) groups is 3. The zero-order valence-electron chi connectivity index (χ0n) is 77.5. The molecule has 0 aliphatic carbocycles. The topological polar surface area (TPSA) is 309 Å². The average molecular weight is 1680 g/mol. The minimum atomic E-state index is -0.117. The number of pyridine rings is 5. The van der Waals surface area contributed by atoms with Crippen LogP contribution in [0.3, 0.4) is 0 Å². The number of tetrazole rings is 2. The van der Waals surface area contributed by atoms with Gasteiger partial charge in [0, 0.05) is 131 Å². The number of aromatic amines is 1. The summed E-state index contributed by atoms with van der Waals surface area (Å²) in [4.78, 5) is 75.2. The first-order chi connectivity index (χ1) is 58.8. The van der Waals surface area contributed by atoms with E-state index >= 15 is 0 Å². The molecule has 0 unspecified atom stereocenters. The Bertz CT molecular complexity index is 5540. The SMILES string of the molecule is CCn1nnnc1-c1cnc2c(C)cc(C)cc2c1NCCCN(C)C.CNC(=O)c1cnc2c(C)cc(C)cc2c1NCCCN(C)C.Cc1cc(C)c2ncc(-c3nn[nH]n3)c(NCCCN(C)C)c2c1.Cc1cc(C)c2ncc(C(=O)N(C)C)c(NCCCN(C)C)c2c1.Cc1cc(C)c2ncc(C(=O)N3CCCC3)c(NCCCN(C)C)c2c1. The fraction of sp³-hybridized carbons (Fsp3) is 0.468. The van der Waals surface area contributed by atoms with Gasteiger partial charge >= 0.3 is 0 Å². The predicted molar refractivity (Wildman–Crippen MR) is 507 cm³/mol. The Morgan fingerprint density at radius 1 is 0.407 bits per heavy atom. The standard InChI is InChI=1S/C21H30N4O.C19H27N7.C19H28N4O.C18H26N4O.C17H23N7/c1-15-12-16(2)19-17(13-15)20(22-8-7-9-24(3)4)18(14-23-19)21(26)25-10-5-6-11-25;1-6-26-19(22-23-24-26)16-12-21-17-14(3)10-13(2)11-15(17)18(16)20-8-7-9-25(4)5;1-13-10-14(2)17-15(11-13)18(20-8-7-9-22(3)4)16(12-21-17)19(24)23(5)6;1-12-9-13(2)16-14(10-12)17(20-7-6-8-22(4)5)15(11-21-16)18(23)19-3;1-11-8-12(2)15-13(9-11)16(18-6-5-7-24(3)4)14(10-19-15)17-20-22-23-21-17/h12-14H,5-11H2,1-4H3,(H,22,23);10-12H,6-9H2,1-5H3,(H,20,21);10-12H,7-9H2,1-6H3,(H,20,21);9-11H,6-8H2,1-5H3,(H,19,23)(H,20,21);8-10H,5-7H2,1-4H3,(H,18,19)(H,20,21,22,23). The number of H-pyrrole nitrogens is 1. The molecule has 7 N–H and O–H groups in total. The molecule has 1 aliphatic rings. The monoisotopic (exact) mass is 1680 g/mol. The first-order valence-electron chi connectivity index (χ1n) is 42.9. The van der Waals surface area contributed by atoms with Crippen LogP contribution in [-0.4, -0.2) is 288 Å². The molecule has 13 rings (SSSR count). The summed E-state index contributed by atoms with van der Waals surface area (Å²) in [5.41, 5.74) is 25.1. The third-order valence-corrected chi connectivity index (χ3v) is 21.3. The van der Waals surface area contributed by atoms with Crippen molar-refractivity contribution in [3.63, 3.8) is 0 Å². The van der Waals surface area contributed by atoms with Crippen molar-refractivity contribution in [1.29, 1.82) is 0 Å². The highest BCUT2D eigenvalue weighted by molar-refractivity contribution is 6.10. The summed E-state index contributed by atoms with van der Waals surface area (Å²) in [5.74, 6) is 1.26. The number of nitrogens with zero attached hydrogens (tertiary/aromatic N) is 19. The highest BCUT2D eigenvalue weighted by Gasteiger charge is 2.26. The van der Waals surface area contributed by atoms with Crippen LogP contribution in [0.15, 0.2) is 91.6 Å². The molecule has 29 nitrogen and oxygen atoms in total. The second kappa shape index (κ2) is 45.6. The van der Waals surface area contributed by atoms with Crippen LogP contribution in [0.5, 0.6) is 0 Å². The van der Waals surface area contributed by atoms with E-state index in [9.17, 15) is 14.4 Å². The molecule has 0 saturated carbocycles. The zero-order chi connectivity index (χ0) is 89.3. The second-order valence-corrected chi connectivity index (χ2v) is 33.9. The maximum Gasteiger partial charge on any atom is 0.257 e. The van der Waals surface area contributed by atoms with Crippen LogP contribution in [0.2, 0.25) is 0 Å². The molecule has 0 atom stereocenters. The number of anilines is 5. The lowest BCUT2D eigenvalue weighted by molar-refractivity contribution is 0.0791. The number of rotatable bonds is 31. The molecule has 3 amide bonds. The molecule has 123 heavy (non-hydrogen) atoms. The predicted octanol–water partition coefficient (Wildman–Crippen LogP) is 14.2. The Morgan fingerprint density at radius 3 is 1.08 bits per heavy atom. The van der Waals surface area contributed by atoms with E-state index in [0.717, 1.165) is 240 Å². The van der Waals surface area contributed by atoms with Gasteiger partial charge in [-0.1, -0.05) is 58.1 Å². The molecule has 7 aromatic heterocycles. The summed E-state index contributed by atoms with van der Waals surface area (Å²) in [5, 5.41) is 52.3. The van der Waals surface area contributed by atoms with Crippen molar-refractivity contribution in [2.45, 2.75) is 128 Å². The summed E-state index contributed by atoms with van der Waals surface area (Å²) >= 11 is 0. The Balaban J connectivity index is 0.000000175. The maximum atomic E-state index is 13.1. The van der Waals surface area contributed by atoms with Gasteiger partial charge in [-0.15, -0.1) is 15.3 Å². The van der Waals surface area contributed by atoms with Crippen LogP contribution in [0.1, 0.15) is 139 Å². The van der Waals surface area contributed by atoms with Gasteiger partial charge in [-0.2, -0.15) is 5.21 Å². The first kappa shape index (κ1) is 95.3. The van der Waals surface area contributed by atoms with Gasteiger partial charge in [0.25, 0.3) is 17.7 Å². The molecule has 0 spiro atoms. The van der Waals surface area contributed by atoms with Crippen molar-refractivity contribution in [2.24, 2.45) is 0 Å². The van der Waals surface area contributed by atoms with Crippen LogP contribution in [-0.2, 0) is 6.54 Å². The molecule has 1 aliphatic heterocycles. The van der Waals surface area contributed by atoms with Crippen LogP contribution < -0.4 is 31.9 Å². The highest BCUT2D eigenvalue weighted by atomic mass is 16.2. The van der Waals surface area contributed by atoms with Crippen LogP contribution in [0.4, 0.5) is 28.4 Å². The van der Waals surface area contributed by atoms with Crippen molar-refractivity contribution >= 4 is 101 Å². The lowest BCUT2D eigenvalue weighted by atomic mass is 10.0. The third-order valence-electron chi connectivity index (χ3n) is 21.3. The molecule has 1 fully saturated rings. The first-order valence-corrected chi connectivity index (χ1v) is 42.9. The van der Waals surface area contributed by atoms with Gasteiger partial charge < -0.3 is 66.2 Å². The van der Waals surface area contributed by atoms with Gasteiger partial charge in [-0.25, -0.2) is 4.68 Å². The number of aryl methyl sites for hydroxylation is 11. The van der Waals surface area contributed by atoms with Crippen molar-refractivity contribution < 1.29 is 14.4 Å². The second-order valence-electron chi connectivity index (χ2n) is 33.9. The molecule has 0 bridgehead atoms. The quantitative estimate of drug-likeness (QED) is 0.0199. The molecule has 8 heterocycles. The van der Waals surface area contributed by atoms with Crippen molar-refractivity contribution in [3.05, 3.63) is 164 Å². The van der Waals surface area contributed by atoms with Crippen molar-refractivity contribution in [2.75, 3.05) is 197 Å². The Morgan fingerprint density at radius 2 is 0.732 bits per heavy atom. The van der Waals surface area contributed by atoms with Crippen LogP contribution in [0, 0.1) is 69.2 Å². The molecule has 658 valence electrons. The van der Waals surface area contributed by atoms with E-state index in [1.165, 1.54) is 38.9 Å². The summed E-state index contributed by atoms with van der Waals surface area (Å²) in [6.07, 6.45) is 16.2. The minimum absolute atomic E-state index is 0.0290. The molecule has 29 heteroatoms. The molecule has 0 radical (unpaired) electrons. The van der Waals surface area contributed by atoms with E-state index in [1.54, 1.807) is 49.3 Å². The van der Waals surface area contributed by atoms with Gasteiger partial charge in [0.1, 0.15) is 0 Å². The Kier molecular flexibility index (Phi) is 35.3. The number of benzene rings is 5. The van der Waals surface area contributed by atoms with Gasteiger partial charge in [0.2, 0.25) is 5.82 Å². The number of amides is 3. The summed E-state index contributed by atoms with van der Waals surface area (Å²) in [6, 6.07) is 21.4. The van der Waals surface area contributed by atoms with Gasteiger partial charge in [0.15, 0.2) is 5.82 Å². The molecular weight excluding hydrogens is 1540 g/mol. The van der Waals surface area contributed by atoms with E-state index < -0.39 is 0 Å². The molecule has 12 aromatic rings. The van der Waals surface area contributed by atoms with Crippen LogP contribution >= 0.6 is 0 Å². The maximum absolute atomic E-state index is 13.1. The van der Waals surface area contributed by atoms with Crippen LogP contribution in [0.25, 0.3) is 77.3 Å². The number of aromatic nitrogens is 13.